The molecule has 1 aromatic carbocycles. The van der Waals surface area contributed by atoms with Gasteiger partial charge < -0.3 is 10.5 Å². The Labute approximate surface area is 101 Å². The van der Waals surface area contributed by atoms with Crippen molar-refractivity contribution in [3.63, 3.8) is 0 Å². The maximum absolute atomic E-state index is 5.61. The predicted molar refractivity (Wildman–Crippen MR) is 68.9 cm³/mol. The smallest absolute Gasteiger partial charge is 0.123 e. The molecule has 2 aromatic rings. The van der Waals surface area contributed by atoms with Gasteiger partial charge in [-0.15, -0.1) is 0 Å². The summed E-state index contributed by atoms with van der Waals surface area (Å²) in [5, 5.41) is 0. The van der Waals surface area contributed by atoms with Crippen molar-refractivity contribution in [3.8, 4) is 5.75 Å². The van der Waals surface area contributed by atoms with Crippen LogP contribution in [0.3, 0.4) is 0 Å². The van der Waals surface area contributed by atoms with Crippen molar-refractivity contribution in [1.82, 2.24) is 4.98 Å². The van der Waals surface area contributed by atoms with Crippen LogP contribution in [0.5, 0.6) is 5.75 Å². The van der Waals surface area contributed by atoms with Crippen LogP contribution in [0.2, 0.25) is 0 Å². The van der Waals surface area contributed by atoms with E-state index in [1.54, 1.807) is 6.20 Å². The van der Waals surface area contributed by atoms with Crippen LogP contribution in [-0.2, 0) is 6.42 Å². The van der Waals surface area contributed by atoms with Crippen LogP contribution < -0.4 is 10.5 Å². The van der Waals surface area contributed by atoms with Crippen LogP contribution in [-0.4, -0.2) is 11.6 Å². The van der Waals surface area contributed by atoms with Gasteiger partial charge in [0.25, 0.3) is 0 Å². The summed E-state index contributed by atoms with van der Waals surface area (Å²) in [5.41, 5.74) is 6.81. The molecule has 0 aliphatic rings. The topological polar surface area (TPSA) is 48.1 Å². The molecule has 0 spiro atoms. The normalized spacial score (nSPS) is 10.1. The minimum atomic E-state index is 0.575. The summed E-state index contributed by atoms with van der Waals surface area (Å²) >= 11 is 0. The Morgan fingerprint density at radius 1 is 1.12 bits per heavy atom. The molecule has 0 aliphatic carbocycles. The molecule has 0 saturated carbocycles. The van der Waals surface area contributed by atoms with Gasteiger partial charge in [-0.2, -0.15) is 0 Å². The molecule has 0 saturated heterocycles. The van der Waals surface area contributed by atoms with E-state index >= 15 is 0 Å². The quantitative estimate of drug-likeness (QED) is 0.800. The van der Waals surface area contributed by atoms with Crippen LogP contribution in [0, 0.1) is 0 Å². The SMILES string of the molecule is Nc1cc(CCCOc2ccccc2)ccn1. The first-order valence-corrected chi connectivity index (χ1v) is 5.73. The van der Waals surface area contributed by atoms with Crippen LogP contribution >= 0.6 is 0 Å². The summed E-state index contributed by atoms with van der Waals surface area (Å²) in [6.07, 6.45) is 3.67. The lowest BCUT2D eigenvalue weighted by Gasteiger charge is -2.06. The molecule has 17 heavy (non-hydrogen) atoms. The maximum atomic E-state index is 5.61. The lowest BCUT2D eigenvalue weighted by Crippen LogP contribution is -2.00. The number of hydrogen-bond acceptors (Lipinski definition) is 3. The fourth-order valence-electron chi connectivity index (χ4n) is 1.63. The zero-order chi connectivity index (χ0) is 11.9. The van der Waals surface area contributed by atoms with Gasteiger partial charge in [-0.1, -0.05) is 18.2 Å². The molecule has 88 valence electrons. The molecule has 0 radical (unpaired) electrons. The van der Waals surface area contributed by atoms with Gasteiger partial charge in [-0.3, -0.25) is 0 Å². The van der Waals surface area contributed by atoms with Crippen molar-refractivity contribution in [2.24, 2.45) is 0 Å². The Bertz CT molecular complexity index is 457. The largest absolute Gasteiger partial charge is 0.494 e. The minimum Gasteiger partial charge on any atom is -0.494 e. The van der Waals surface area contributed by atoms with Gasteiger partial charge in [-0.25, -0.2) is 4.98 Å². The Morgan fingerprint density at radius 3 is 2.71 bits per heavy atom. The molecular weight excluding hydrogens is 212 g/mol. The summed E-state index contributed by atoms with van der Waals surface area (Å²) in [4.78, 5) is 3.96. The van der Waals surface area contributed by atoms with E-state index in [9.17, 15) is 0 Å². The summed E-state index contributed by atoms with van der Waals surface area (Å²) < 4.78 is 5.61. The second kappa shape index (κ2) is 5.89. The molecule has 0 unspecified atom stereocenters. The Balaban J connectivity index is 1.73. The first kappa shape index (κ1) is 11.5. The zero-order valence-corrected chi connectivity index (χ0v) is 9.67. The van der Waals surface area contributed by atoms with Gasteiger partial charge in [0, 0.05) is 6.20 Å². The monoisotopic (exact) mass is 228 g/mol. The molecule has 0 atom stereocenters. The highest BCUT2D eigenvalue weighted by molar-refractivity contribution is 5.31. The number of rotatable bonds is 5. The number of para-hydroxylation sites is 1. The summed E-state index contributed by atoms with van der Waals surface area (Å²) in [5.74, 6) is 1.49. The van der Waals surface area contributed by atoms with Crippen LogP contribution in [0.1, 0.15) is 12.0 Å². The predicted octanol–water partition coefficient (Wildman–Crippen LogP) is 2.68. The van der Waals surface area contributed by atoms with E-state index in [1.165, 1.54) is 5.56 Å². The number of nitrogen functional groups attached to an aromatic ring is 1. The minimum absolute atomic E-state index is 0.575. The van der Waals surface area contributed by atoms with Crippen molar-refractivity contribution >= 4 is 5.82 Å². The molecule has 3 nitrogen and oxygen atoms in total. The Hall–Kier alpha value is -2.03. The van der Waals surface area contributed by atoms with E-state index in [0.29, 0.717) is 12.4 Å². The van der Waals surface area contributed by atoms with Gasteiger partial charge in [0.05, 0.1) is 6.61 Å². The average molecular weight is 228 g/mol. The molecule has 0 amide bonds. The first-order valence-electron chi connectivity index (χ1n) is 5.73. The van der Waals surface area contributed by atoms with Crippen molar-refractivity contribution in [3.05, 3.63) is 54.2 Å². The van der Waals surface area contributed by atoms with E-state index < -0.39 is 0 Å². The Kier molecular flexibility index (Phi) is 3.97. The molecular formula is C14H16N2O. The molecule has 2 N–H and O–H groups in total. The van der Waals surface area contributed by atoms with E-state index in [4.69, 9.17) is 10.5 Å². The van der Waals surface area contributed by atoms with E-state index in [0.717, 1.165) is 18.6 Å². The number of ether oxygens (including phenoxy) is 1. The first-order chi connectivity index (χ1) is 8.34. The van der Waals surface area contributed by atoms with Crippen molar-refractivity contribution in [2.75, 3.05) is 12.3 Å². The number of anilines is 1. The van der Waals surface area contributed by atoms with E-state index in [-0.39, 0.29) is 0 Å². The van der Waals surface area contributed by atoms with E-state index in [2.05, 4.69) is 4.98 Å². The van der Waals surface area contributed by atoms with Gasteiger partial charge in [0.15, 0.2) is 0 Å². The van der Waals surface area contributed by atoms with Gasteiger partial charge in [-0.05, 0) is 42.7 Å². The highest BCUT2D eigenvalue weighted by Gasteiger charge is 1.96. The van der Waals surface area contributed by atoms with Crippen LogP contribution in [0.15, 0.2) is 48.7 Å². The van der Waals surface area contributed by atoms with Crippen molar-refractivity contribution in [2.45, 2.75) is 12.8 Å². The third-order valence-electron chi connectivity index (χ3n) is 2.47. The van der Waals surface area contributed by atoms with Gasteiger partial charge in [0.1, 0.15) is 11.6 Å². The molecule has 0 aliphatic heterocycles. The second-order valence-corrected chi connectivity index (χ2v) is 3.85. The lowest BCUT2D eigenvalue weighted by molar-refractivity contribution is 0.311. The van der Waals surface area contributed by atoms with Crippen LogP contribution in [0.4, 0.5) is 5.82 Å². The summed E-state index contributed by atoms with van der Waals surface area (Å²) in [6.45, 7) is 0.715. The highest BCUT2D eigenvalue weighted by atomic mass is 16.5. The number of pyridine rings is 1. The fourth-order valence-corrected chi connectivity index (χ4v) is 1.63. The summed E-state index contributed by atoms with van der Waals surface area (Å²) in [6, 6.07) is 13.7. The zero-order valence-electron chi connectivity index (χ0n) is 9.67. The number of benzene rings is 1. The number of nitrogens with two attached hydrogens (primary N) is 1. The third-order valence-corrected chi connectivity index (χ3v) is 2.47. The van der Waals surface area contributed by atoms with Crippen molar-refractivity contribution in [1.29, 1.82) is 0 Å². The average Bonchev–Trinajstić information content (AvgIpc) is 2.36. The summed E-state index contributed by atoms with van der Waals surface area (Å²) in [7, 11) is 0. The molecule has 0 fully saturated rings. The van der Waals surface area contributed by atoms with Crippen LogP contribution in [0.25, 0.3) is 0 Å². The second-order valence-electron chi connectivity index (χ2n) is 3.85. The van der Waals surface area contributed by atoms with Gasteiger partial charge >= 0.3 is 0 Å². The number of nitrogens with zero attached hydrogens (tertiary/aromatic N) is 1. The highest BCUT2D eigenvalue weighted by Crippen LogP contribution is 2.10. The van der Waals surface area contributed by atoms with E-state index in [1.807, 2.05) is 42.5 Å². The van der Waals surface area contributed by atoms with Crippen molar-refractivity contribution < 1.29 is 4.74 Å². The number of aryl methyl sites for hydroxylation is 1. The molecule has 1 heterocycles. The molecule has 3 heteroatoms. The molecule has 0 bridgehead atoms. The van der Waals surface area contributed by atoms with Gasteiger partial charge in [0.2, 0.25) is 0 Å². The number of aromatic nitrogens is 1. The third kappa shape index (κ3) is 3.79. The molecule has 1 aromatic heterocycles. The standard InChI is InChI=1S/C14H16N2O/c15-14-11-12(8-9-16-14)5-4-10-17-13-6-2-1-3-7-13/h1-3,6-9,11H,4-5,10H2,(H2,15,16). The molecule has 2 rings (SSSR count). The number of hydrogen-bond donors (Lipinski definition) is 1. The lowest BCUT2D eigenvalue weighted by atomic mass is 10.1. The Morgan fingerprint density at radius 2 is 1.94 bits per heavy atom. The fraction of sp³-hybridized carbons (Fsp3) is 0.214. The maximum Gasteiger partial charge on any atom is 0.123 e.